The van der Waals surface area contributed by atoms with Gasteiger partial charge in [0.25, 0.3) is 0 Å². The van der Waals surface area contributed by atoms with Crippen LogP contribution >= 0.6 is 0 Å². The quantitative estimate of drug-likeness (QED) is 0.786. The first kappa shape index (κ1) is 13.3. The molecule has 2 N–H and O–H groups in total. The molecule has 1 heterocycles. The molecule has 1 unspecified atom stereocenters. The van der Waals surface area contributed by atoms with E-state index in [2.05, 4.69) is 24.1 Å². The van der Waals surface area contributed by atoms with E-state index in [1.807, 2.05) is 0 Å². The predicted molar refractivity (Wildman–Crippen MR) is 71.2 cm³/mol. The van der Waals surface area contributed by atoms with Crippen molar-refractivity contribution >= 4 is 0 Å². The standard InChI is InChI=1S/C14H28N2O/c1-12(2)16-9-8-14(10-16,11-17)15-13-6-4-3-5-7-13/h12-13,15,17H,3-11H2,1-2H3. The van der Waals surface area contributed by atoms with Crippen molar-refractivity contribution in [3.05, 3.63) is 0 Å². The summed E-state index contributed by atoms with van der Waals surface area (Å²) in [5.41, 5.74) is -0.0216. The van der Waals surface area contributed by atoms with Gasteiger partial charge in [-0.3, -0.25) is 4.90 Å². The van der Waals surface area contributed by atoms with Crippen LogP contribution < -0.4 is 5.32 Å². The third-order valence-corrected chi connectivity index (χ3v) is 4.53. The Morgan fingerprint density at radius 3 is 2.53 bits per heavy atom. The minimum atomic E-state index is -0.0216. The number of aliphatic hydroxyl groups excluding tert-OH is 1. The summed E-state index contributed by atoms with van der Waals surface area (Å²) in [6.45, 7) is 6.91. The van der Waals surface area contributed by atoms with Crippen LogP contribution in [0.4, 0.5) is 0 Å². The van der Waals surface area contributed by atoms with E-state index in [1.54, 1.807) is 0 Å². The van der Waals surface area contributed by atoms with Crippen molar-refractivity contribution in [2.45, 2.75) is 70.0 Å². The maximum Gasteiger partial charge on any atom is 0.0626 e. The van der Waals surface area contributed by atoms with Crippen LogP contribution in [0, 0.1) is 0 Å². The van der Waals surface area contributed by atoms with Crippen molar-refractivity contribution in [1.82, 2.24) is 10.2 Å². The second kappa shape index (κ2) is 5.68. The van der Waals surface area contributed by atoms with Crippen LogP contribution in [0.25, 0.3) is 0 Å². The van der Waals surface area contributed by atoms with Crippen LogP contribution in [0.3, 0.4) is 0 Å². The lowest BCUT2D eigenvalue weighted by molar-refractivity contribution is 0.133. The summed E-state index contributed by atoms with van der Waals surface area (Å²) < 4.78 is 0. The molecule has 1 saturated heterocycles. The molecule has 100 valence electrons. The van der Waals surface area contributed by atoms with E-state index < -0.39 is 0 Å². The van der Waals surface area contributed by atoms with Crippen molar-refractivity contribution in [2.75, 3.05) is 19.7 Å². The van der Waals surface area contributed by atoms with Crippen molar-refractivity contribution in [3.8, 4) is 0 Å². The summed E-state index contributed by atoms with van der Waals surface area (Å²) in [7, 11) is 0. The summed E-state index contributed by atoms with van der Waals surface area (Å²) >= 11 is 0. The number of hydrogen-bond acceptors (Lipinski definition) is 3. The first-order valence-corrected chi connectivity index (χ1v) is 7.28. The minimum Gasteiger partial charge on any atom is -0.394 e. The molecule has 1 atom stereocenters. The largest absolute Gasteiger partial charge is 0.394 e. The maximum absolute atomic E-state index is 9.76. The topological polar surface area (TPSA) is 35.5 Å². The number of hydrogen-bond donors (Lipinski definition) is 2. The molecule has 0 aromatic rings. The average molecular weight is 240 g/mol. The lowest BCUT2D eigenvalue weighted by atomic mass is 9.91. The monoisotopic (exact) mass is 240 g/mol. The van der Waals surface area contributed by atoms with Gasteiger partial charge in [0, 0.05) is 25.2 Å². The Morgan fingerprint density at radius 2 is 2.00 bits per heavy atom. The Morgan fingerprint density at radius 1 is 1.29 bits per heavy atom. The summed E-state index contributed by atoms with van der Waals surface area (Å²) in [6, 6.07) is 1.24. The highest BCUT2D eigenvalue weighted by molar-refractivity contribution is 4.99. The molecule has 0 aromatic carbocycles. The summed E-state index contributed by atoms with van der Waals surface area (Å²) in [5.74, 6) is 0. The zero-order valence-corrected chi connectivity index (χ0v) is 11.4. The molecule has 2 fully saturated rings. The van der Waals surface area contributed by atoms with Crippen LogP contribution in [-0.2, 0) is 0 Å². The zero-order valence-electron chi connectivity index (χ0n) is 11.4. The average Bonchev–Trinajstić information content (AvgIpc) is 2.76. The highest BCUT2D eigenvalue weighted by atomic mass is 16.3. The molecule has 2 aliphatic rings. The summed E-state index contributed by atoms with van der Waals surface area (Å²) in [5, 5.41) is 13.5. The Kier molecular flexibility index (Phi) is 4.45. The Bertz CT molecular complexity index is 238. The number of rotatable bonds is 4. The van der Waals surface area contributed by atoms with Gasteiger partial charge < -0.3 is 10.4 Å². The number of nitrogens with one attached hydrogen (secondary N) is 1. The van der Waals surface area contributed by atoms with Crippen molar-refractivity contribution in [1.29, 1.82) is 0 Å². The lowest BCUT2D eigenvalue weighted by Crippen LogP contribution is -2.55. The predicted octanol–water partition coefficient (Wildman–Crippen LogP) is 1.75. The van der Waals surface area contributed by atoms with E-state index in [-0.39, 0.29) is 12.1 Å². The number of nitrogens with zero attached hydrogens (tertiary/aromatic N) is 1. The fourth-order valence-electron chi connectivity index (χ4n) is 3.32. The van der Waals surface area contributed by atoms with Gasteiger partial charge in [0.1, 0.15) is 0 Å². The molecule has 1 saturated carbocycles. The van der Waals surface area contributed by atoms with Gasteiger partial charge in [0.15, 0.2) is 0 Å². The van der Waals surface area contributed by atoms with Crippen molar-refractivity contribution < 1.29 is 5.11 Å². The van der Waals surface area contributed by atoms with Gasteiger partial charge in [-0.15, -0.1) is 0 Å². The molecule has 17 heavy (non-hydrogen) atoms. The molecular weight excluding hydrogens is 212 g/mol. The van der Waals surface area contributed by atoms with E-state index in [9.17, 15) is 5.11 Å². The Balaban J connectivity index is 1.91. The van der Waals surface area contributed by atoms with Crippen molar-refractivity contribution in [2.24, 2.45) is 0 Å². The SMILES string of the molecule is CC(C)N1CCC(CO)(NC2CCCCC2)C1. The molecule has 3 heteroatoms. The van der Waals surface area contributed by atoms with E-state index in [0.717, 1.165) is 19.5 Å². The van der Waals surface area contributed by atoms with Gasteiger partial charge in [0.2, 0.25) is 0 Å². The van der Waals surface area contributed by atoms with Crippen LogP contribution in [0.5, 0.6) is 0 Å². The Labute approximate surface area is 106 Å². The van der Waals surface area contributed by atoms with Crippen molar-refractivity contribution in [3.63, 3.8) is 0 Å². The molecule has 1 aliphatic carbocycles. The molecular formula is C14H28N2O. The second-order valence-electron chi connectivity index (χ2n) is 6.23. The molecule has 0 aromatic heterocycles. The molecule has 0 spiro atoms. The van der Waals surface area contributed by atoms with E-state index in [1.165, 1.54) is 32.1 Å². The zero-order chi connectivity index (χ0) is 12.3. The van der Waals surface area contributed by atoms with E-state index in [0.29, 0.717) is 12.1 Å². The van der Waals surface area contributed by atoms with Crippen LogP contribution in [0.1, 0.15) is 52.4 Å². The molecule has 3 nitrogen and oxygen atoms in total. The third kappa shape index (κ3) is 3.21. The van der Waals surface area contributed by atoms with Gasteiger partial charge in [-0.05, 0) is 33.1 Å². The smallest absolute Gasteiger partial charge is 0.0626 e. The molecule has 0 radical (unpaired) electrons. The minimum absolute atomic E-state index is 0.0216. The van der Waals surface area contributed by atoms with Gasteiger partial charge >= 0.3 is 0 Å². The normalized spacial score (nSPS) is 32.5. The first-order chi connectivity index (χ1) is 8.15. The second-order valence-corrected chi connectivity index (χ2v) is 6.23. The van der Waals surface area contributed by atoms with E-state index >= 15 is 0 Å². The van der Waals surface area contributed by atoms with Crippen LogP contribution in [0.15, 0.2) is 0 Å². The number of aliphatic hydroxyl groups is 1. The first-order valence-electron chi connectivity index (χ1n) is 7.28. The highest BCUT2D eigenvalue weighted by Gasteiger charge is 2.39. The van der Waals surface area contributed by atoms with Gasteiger partial charge in [0.05, 0.1) is 12.1 Å². The Hall–Kier alpha value is -0.120. The fourth-order valence-corrected chi connectivity index (χ4v) is 3.32. The molecule has 0 amide bonds. The summed E-state index contributed by atoms with van der Waals surface area (Å²) in [6.07, 6.45) is 7.79. The highest BCUT2D eigenvalue weighted by Crippen LogP contribution is 2.26. The van der Waals surface area contributed by atoms with Crippen LogP contribution in [-0.4, -0.2) is 47.3 Å². The molecule has 0 bridgehead atoms. The fraction of sp³-hybridized carbons (Fsp3) is 1.00. The van der Waals surface area contributed by atoms with E-state index in [4.69, 9.17) is 0 Å². The molecule has 2 rings (SSSR count). The van der Waals surface area contributed by atoms with Gasteiger partial charge in [-0.2, -0.15) is 0 Å². The maximum atomic E-state index is 9.76. The van der Waals surface area contributed by atoms with Crippen LogP contribution in [0.2, 0.25) is 0 Å². The summed E-state index contributed by atoms with van der Waals surface area (Å²) in [4.78, 5) is 2.48. The number of likely N-dealkylation sites (tertiary alicyclic amines) is 1. The van der Waals surface area contributed by atoms with Gasteiger partial charge in [-0.1, -0.05) is 19.3 Å². The van der Waals surface area contributed by atoms with Gasteiger partial charge in [-0.25, -0.2) is 0 Å². The third-order valence-electron chi connectivity index (χ3n) is 4.53. The lowest BCUT2D eigenvalue weighted by Gasteiger charge is -2.36. The molecule has 1 aliphatic heterocycles.